The van der Waals surface area contributed by atoms with Crippen molar-refractivity contribution in [2.45, 2.75) is 52.2 Å². The Labute approximate surface area is 208 Å². The molecular formula is C28H38N4O3. The summed E-state index contributed by atoms with van der Waals surface area (Å²) in [6.07, 6.45) is 5.98. The fourth-order valence-electron chi connectivity index (χ4n) is 6.05. The van der Waals surface area contributed by atoms with Gasteiger partial charge in [-0.1, -0.05) is 19.9 Å². The third-order valence-corrected chi connectivity index (χ3v) is 7.90. The third kappa shape index (κ3) is 5.02. The maximum Gasteiger partial charge on any atom is 0.230 e. The number of amides is 1. The SMILES string of the molecule is CO[C@@H](C(C)C)[C@H]1CC[C@H](C(=O)N2Cc3cccnc3Nc3ccc(N4CCOCC4)cc32)CC1. The molecule has 1 saturated heterocycles. The Morgan fingerprint density at radius 1 is 1.14 bits per heavy atom. The van der Waals surface area contributed by atoms with Crippen molar-refractivity contribution in [3.63, 3.8) is 0 Å². The van der Waals surface area contributed by atoms with Crippen molar-refractivity contribution in [1.29, 1.82) is 0 Å². The summed E-state index contributed by atoms with van der Waals surface area (Å²) in [5.74, 6) is 2.10. The van der Waals surface area contributed by atoms with Crippen LogP contribution in [0.4, 0.5) is 22.9 Å². The van der Waals surface area contributed by atoms with E-state index >= 15 is 0 Å². The lowest BCUT2D eigenvalue weighted by Crippen LogP contribution is -2.40. The van der Waals surface area contributed by atoms with Crippen molar-refractivity contribution >= 4 is 28.8 Å². The van der Waals surface area contributed by atoms with Crippen molar-refractivity contribution in [3.05, 3.63) is 42.1 Å². The first kappa shape index (κ1) is 24.1. The first-order chi connectivity index (χ1) is 17.0. The van der Waals surface area contributed by atoms with Gasteiger partial charge in [0.15, 0.2) is 0 Å². The Bertz CT molecular complexity index is 1030. The molecule has 5 rings (SSSR count). The molecule has 2 aliphatic heterocycles. The van der Waals surface area contributed by atoms with E-state index in [9.17, 15) is 4.79 Å². The van der Waals surface area contributed by atoms with Gasteiger partial charge in [0.1, 0.15) is 5.82 Å². The molecule has 1 aliphatic carbocycles. The Morgan fingerprint density at radius 3 is 2.63 bits per heavy atom. The number of hydrogen-bond acceptors (Lipinski definition) is 6. The normalized spacial score (nSPS) is 23.2. The first-order valence-corrected chi connectivity index (χ1v) is 13.1. The van der Waals surface area contributed by atoms with E-state index in [4.69, 9.17) is 9.47 Å². The van der Waals surface area contributed by atoms with Crippen molar-refractivity contribution in [2.75, 3.05) is 48.5 Å². The summed E-state index contributed by atoms with van der Waals surface area (Å²) < 4.78 is 11.4. The summed E-state index contributed by atoms with van der Waals surface area (Å²) in [6.45, 7) is 8.17. The summed E-state index contributed by atoms with van der Waals surface area (Å²) in [6, 6.07) is 10.4. The van der Waals surface area contributed by atoms with Gasteiger partial charge in [-0.05, 0) is 61.8 Å². The summed E-state index contributed by atoms with van der Waals surface area (Å²) in [7, 11) is 1.82. The molecule has 0 unspecified atom stereocenters. The number of morpholine rings is 1. The molecule has 1 amide bonds. The molecular weight excluding hydrogens is 440 g/mol. The van der Waals surface area contributed by atoms with Gasteiger partial charge in [-0.25, -0.2) is 4.98 Å². The molecule has 1 N–H and O–H groups in total. The number of rotatable bonds is 5. The number of carbonyl (C=O) groups is 1. The van der Waals surface area contributed by atoms with Crippen LogP contribution >= 0.6 is 0 Å². The molecule has 0 bridgehead atoms. The number of fused-ring (bicyclic) bond motifs is 2. The minimum Gasteiger partial charge on any atom is -0.381 e. The molecule has 0 spiro atoms. The van der Waals surface area contributed by atoms with Crippen LogP contribution < -0.4 is 15.1 Å². The van der Waals surface area contributed by atoms with Crippen LogP contribution in [-0.2, 0) is 20.8 Å². The molecule has 0 radical (unpaired) electrons. The van der Waals surface area contributed by atoms with Crippen molar-refractivity contribution < 1.29 is 14.3 Å². The lowest BCUT2D eigenvalue weighted by atomic mass is 9.76. The molecule has 3 heterocycles. The van der Waals surface area contributed by atoms with E-state index in [0.29, 0.717) is 18.4 Å². The minimum absolute atomic E-state index is 0.0361. The number of pyridine rings is 1. The fourth-order valence-corrected chi connectivity index (χ4v) is 6.05. The van der Waals surface area contributed by atoms with E-state index < -0.39 is 0 Å². The molecule has 1 saturated carbocycles. The maximum atomic E-state index is 14.1. The fraction of sp³-hybridized carbons (Fsp3) is 0.571. The van der Waals surface area contributed by atoms with Crippen LogP contribution in [0.25, 0.3) is 0 Å². The quantitative estimate of drug-likeness (QED) is 0.653. The highest BCUT2D eigenvalue weighted by Gasteiger charge is 2.36. The minimum atomic E-state index is 0.0361. The van der Waals surface area contributed by atoms with Crippen LogP contribution in [0.3, 0.4) is 0 Å². The van der Waals surface area contributed by atoms with Gasteiger partial charge in [0, 0.05) is 43.6 Å². The lowest BCUT2D eigenvalue weighted by molar-refractivity contribution is -0.124. The molecule has 2 fully saturated rings. The Balaban J connectivity index is 1.42. The smallest absolute Gasteiger partial charge is 0.230 e. The van der Waals surface area contributed by atoms with Gasteiger partial charge >= 0.3 is 0 Å². The lowest BCUT2D eigenvalue weighted by Gasteiger charge is -2.36. The van der Waals surface area contributed by atoms with Gasteiger partial charge in [0.05, 0.1) is 37.2 Å². The summed E-state index contributed by atoms with van der Waals surface area (Å²) >= 11 is 0. The number of nitrogens with one attached hydrogen (secondary N) is 1. The van der Waals surface area contributed by atoms with Crippen LogP contribution in [-0.4, -0.2) is 50.4 Å². The highest BCUT2D eigenvalue weighted by Crippen LogP contribution is 2.41. The average molecular weight is 479 g/mol. The molecule has 3 aliphatic rings. The summed E-state index contributed by atoms with van der Waals surface area (Å²) in [5.41, 5.74) is 4.05. The summed E-state index contributed by atoms with van der Waals surface area (Å²) in [5, 5.41) is 3.50. The van der Waals surface area contributed by atoms with Crippen LogP contribution in [0.5, 0.6) is 0 Å². The van der Waals surface area contributed by atoms with E-state index in [-0.39, 0.29) is 17.9 Å². The Hall–Kier alpha value is -2.64. The zero-order valence-electron chi connectivity index (χ0n) is 21.2. The van der Waals surface area contributed by atoms with Crippen molar-refractivity contribution in [2.24, 2.45) is 17.8 Å². The Kier molecular flexibility index (Phi) is 7.25. The first-order valence-electron chi connectivity index (χ1n) is 13.1. The van der Waals surface area contributed by atoms with E-state index in [0.717, 1.165) is 80.4 Å². The van der Waals surface area contributed by atoms with E-state index in [1.165, 1.54) is 0 Å². The van der Waals surface area contributed by atoms with Crippen LogP contribution in [0.1, 0.15) is 45.1 Å². The van der Waals surface area contributed by atoms with E-state index in [1.807, 2.05) is 18.1 Å². The van der Waals surface area contributed by atoms with Gasteiger partial charge < -0.3 is 24.6 Å². The highest BCUT2D eigenvalue weighted by molar-refractivity contribution is 6.00. The number of anilines is 4. The van der Waals surface area contributed by atoms with Gasteiger partial charge in [-0.2, -0.15) is 0 Å². The molecule has 7 nitrogen and oxygen atoms in total. The van der Waals surface area contributed by atoms with E-state index in [2.05, 4.69) is 53.3 Å². The second-order valence-corrected chi connectivity index (χ2v) is 10.4. The molecule has 1 aromatic carbocycles. The number of carbonyl (C=O) groups excluding carboxylic acids is 1. The maximum absolute atomic E-state index is 14.1. The van der Waals surface area contributed by atoms with Gasteiger partial charge in [-0.3, -0.25) is 4.79 Å². The molecule has 35 heavy (non-hydrogen) atoms. The standard InChI is InChI=1S/C28H38N4O3/c1-19(2)26(34-3)20-6-8-21(9-7-20)28(33)32-18-22-5-4-12-29-27(22)30-24-11-10-23(17-25(24)32)31-13-15-35-16-14-31/h4-5,10-12,17,19-21,26H,6-9,13-16,18H2,1-3H3,(H,29,30)/t20-,21-,26-/m0/s1. The van der Waals surface area contributed by atoms with Gasteiger partial charge in [-0.15, -0.1) is 0 Å². The number of aromatic nitrogens is 1. The second-order valence-electron chi connectivity index (χ2n) is 10.4. The number of hydrogen-bond donors (Lipinski definition) is 1. The van der Waals surface area contributed by atoms with Crippen LogP contribution in [0.2, 0.25) is 0 Å². The number of nitrogens with zero attached hydrogens (tertiary/aromatic N) is 3. The number of ether oxygens (including phenoxy) is 2. The predicted octanol–water partition coefficient (Wildman–Crippen LogP) is 4.99. The van der Waals surface area contributed by atoms with Crippen LogP contribution in [0.15, 0.2) is 36.5 Å². The Morgan fingerprint density at radius 2 is 1.91 bits per heavy atom. The van der Waals surface area contributed by atoms with E-state index in [1.54, 1.807) is 6.20 Å². The molecule has 1 aromatic heterocycles. The second kappa shape index (κ2) is 10.5. The largest absolute Gasteiger partial charge is 0.381 e. The molecule has 1 atom stereocenters. The van der Waals surface area contributed by atoms with Crippen molar-refractivity contribution in [1.82, 2.24) is 4.98 Å². The number of benzene rings is 1. The monoisotopic (exact) mass is 478 g/mol. The highest BCUT2D eigenvalue weighted by atomic mass is 16.5. The zero-order valence-corrected chi connectivity index (χ0v) is 21.2. The van der Waals surface area contributed by atoms with Crippen molar-refractivity contribution in [3.8, 4) is 0 Å². The molecule has 7 heteroatoms. The molecule has 188 valence electrons. The zero-order chi connectivity index (χ0) is 24.4. The van der Waals surface area contributed by atoms with Crippen LogP contribution in [0, 0.1) is 17.8 Å². The van der Waals surface area contributed by atoms with Gasteiger partial charge in [0.25, 0.3) is 0 Å². The third-order valence-electron chi connectivity index (χ3n) is 7.90. The molecule has 2 aromatic rings. The predicted molar refractivity (Wildman–Crippen MR) is 139 cm³/mol. The summed E-state index contributed by atoms with van der Waals surface area (Å²) in [4.78, 5) is 23.0. The average Bonchev–Trinajstić information content (AvgIpc) is 3.06. The topological polar surface area (TPSA) is 66.9 Å². The number of methoxy groups -OCH3 is 1. The van der Waals surface area contributed by atoms with Gasteiger partial charge in [0.2, 0.25) is 5.91 Å².